The van der Waals surface area contributed by atoms with Crippen LogP contribution in [0.5, 0.6) is 0 Å². The molecule has 0 aliphatic heterocycles. The number of nitrogens with zero attached hydrogens (tertiary/aromatic N) is 1. The third kappa shape index (κ3) is 43.3. The molecule has 0 aromatic carbocycles. The Labute approximate surface area is 360 Å². The van der Waals surface area contributed by atoms with Gasteiger partial charge in [0.1, 0.15) is 19.8 Å². The molecule has 0 bridgehead atoms. The van der Waals surface area contributed by atoms with E-state index in [-0.39, 0.29) is 19.6 Å². The van der Waals surface area contributed by atoms with Gasteiger partial charge < -0.3 is 38.1 Å². The molecule has 11 heteroatoms. The van der Waals surface area contributed by atoms with E-state index in [0.717, 1.165) is 25.7 Å². The third-order valence-corrected chi connectivity index (χ3v) is 10.2. The molecule has 10 nitrogen and oxygen atoms in total. The van der Waals surface area contributed by atoms with Crippen LogP contribution < -0.4 is 4.89 Å². The highest BCUT2D eigenvalue weighted by atomic mass is 31.2. The minimum Gasteiger partial charge on any atom is -0.756 e. The van der Waals surface area contributed by atoms with E-state index in [4.69, 9.17) is 18.5 Å². The Morgan fingerprint density at radius 3 is 1.88 bits per heavy atom. The van der Waals surface area contributed by atoms with E-state index in [0.29, 0.717) is 30.3 Å². The summed E-state index contributed by atoms with van der Waals surface area (Å²) in [7, 11) is 1.18. The lowest BCUT2D eigenvalue weighted by Gasteiger charge is -2.28. The molecule has 0 amide bonds. The highest BCUT2D eigenvalue weighted by Crippen LogP contribution is 2.38. The molecule has 0 radical (unpaired) electrons. The van der Waals surface area contributed by atoms with E-state index < -0.39 is 38.7 Å². The molecular formula is C48H84NO9P. The number of carbonyl (C=O) groups excluding carboxylic acids is 1. The van der Waals surface area contributed by atoms with Crippen molar-refractivity contribution in [3.05, 3.63) is 85.3 Å². The standard InChI is InChI=1S/C48H84NO9P/c1-6-8-10-11-12-13-14-15-16-17-18-19-20-24-27-34-41-55-43-47(44-57-59(53,54)56-42-40-49(3,4)5)58-48(52)39-33-28-32-38-46(51)37-31-26-23-21-22-25-30-36-45(50)35-29-9-7-2/h9,22-23,25-26,29-32,34,36-38,41,45-47,50-51H,6-8,10-21,24,27-28,33,35,39-40,42-44H2,1-5H3/b25-22-,26-23-,29-9-,36-30+,37-31+,38-32-,41-34+/t45-,46-,47+/m0/s1. The Balaban J connectivity index is 4.55. The van der Waals surface area contributed by atoms with Crippen LogP contribution in [0.2, 0.25) is 0 Å². The molecule has 0 aliphatic carbocycles. The number of ether oxygens (including phenoxy) is 2. The van der Waals surface area contributed by atoms with Crippen molar-refractivity contribution in [1.29, 1.82) is 0 Å². The topological polar surface area (TPSA) is 135 Å². The highest BCUT2D eigenvalue weighted by Gasteiger charge is 2.20. The van der Waals surface area contributed by atoms with Gasteiger partial charge in [-0.05, 0) is 51.0 Å². The van der Waals surface area contributed by atoms with Crippen molar-refractivity contribution in [3.8, 4) is 0 Å². The van der Waals surface area contributed by atoms with Crippen molar-refractivity contribution in [1.82, 2.24) is 0 Å². The second kappa shape index (κ2) is 39.6. The first-order chi connectivity index (χ1) is 28.4. The number of carbonyl (C=O) groups is 1. The van der Waals surface area contributed by atoms with E-state index in [9.17, 15) is 24.5 Å². The molecule has 0 aromatic heterocycles. The van der Waals surface area contributed by atoms with Crippen LogP contribution in [0.25, 0.3) is 0 Å². The Hall–Kier alpha value is -2.56. The zero-order valence-electron chi connectivity index (χ0n) is 37.6. The van der Waals surface area contributed by atoms with Crippen LogP contribution >= 0.6 is 7.82 Å². The number of quaternary nitrogens is 1. The Bertz CT molecular complexity index is 1250. The van der Waals surface area contributed by atoms with E-state index in [1.807, 2.05) is 69.8 Å². The smallest absolute Gasteiger partial charge is 0.306 e. The van der Waals surface area contributed by atoms with Gasteiger partial charge in [0.05, 0.1) is 46.2 Å². The van der Waals surface area contributed by atoms with Gasteiger partial charge in [0.15, 0.2) is 6.10 Å². The number of allylic oxidation sites excluding steroid dienone is 9. The SMILES string of the molecule is CC/C=C\C[C@H](O)/C=C/C=C\C/C=C\C=C\[C@H](O)/C=C\CCCC(=O)O[C@H](CO/C=C/CCCCCCCCCCCCCCCC)COP(=O)([O-])OCC[N+](C)(C)C. The largest absolute Gasteiger partial charge is 0.756 e. The molecule has 0 spiro atoms. The molecule has 0 aliphatic rings. The lowest BCUT2D eigenvalue weighted by atomic mass is 10.0. The Morgan fingerprint density at radius 1 is 0.678 bits per heavy atom. The van der Waals surface area contributed by atoms with Crippen molar-refractivity contribution in [2.45, 2.75) is 167 Å². The molecule has 0 heterocycles. The first-order valence-electron chi connectivity index (χ1n) is 22.6. The van der Waals surface area contributed by atoms with Gasteiger partial charge in [0.2, 0.25) is 0 Å². The minimum absolute atomic E-state index is 0.0253. The fourth-order valence-electron chi connectivity index (χ4n) is 5.66. The number of esters is 1. The number of rotatable bonds is 40. The summed E-state index contributed by atoms with van der Waals surface area (Å²) in [6, 6.07) is 0. The number of phosphoric ester groups is 1. The van der Waals surface area contributed by atoms with Crippen molar-refractivity contribution in [2.75, 3.05) is 47.5 Å². The summed E-state index contributed by atoms with van der Waals surface area (Å²) >= 11 is 0. The quantitative estimate of drug-likeness (QED) is 0.0117. The van der Waals surface area contributed by atoms with Crippen LogP contribution in [0.1, 0.15) is 149 Å². The van der Waals surface area contributed by atoms with Gasteiger partial charge in [-0.15, -0.1) is 0 Å². The van der Waals surface area contributed by atoms with E-state index >= 15 is 0 Å². The number of aliphatic hydroxyl groups excluding tert-OH is 2. The van der Waals surface area contributed by atoms with Gasteiger partial charge in [0, 0.05) is 6.42 Å². The molecule has 59 heavy (non-hydrogen) atoms. The van der Waals surface area contributed by atoms with Gasteiger partial charge in [-0.2, -0.15) is 0 Å². The highest BCUT2D eigenvalue weighted by molar-refractivity contribution is 7.45. The number of phosphoric acid groups is 1. The third-order valence-electron chi connectivity index (χ3n) is 9.20. The summed E-state index contributed by atoms with van der Waals surface area (Å²) < 4.78 is 34.2. The molecular weight excluding hydrogens is 766 g/mol. The predicted molar refractivity (Wildman–Crippen MR) is 243 cm³/mol. The number of likely N-dealkylation sites (N-methyl/N-ethyl adjacent to an activating group) is 1. The van der Waals surface area contributed by atoms with Gasteiger partial charge >= 0.3 is 5.97 Å². The van der Waals surface area contributed by atoms with Crippen LogP contribution in [0.3, 0.4) is 0 Å². The monoisotopic (exact) mass is 850 g/mol. The molecule has 0 rings (SSSR count). The normalized spacial score (nSPS) is 15.5. The summed E-state index contributed by atoms with van der Waals surface area (Å²) in [6.07, 6.45) is 46.2. The first-order valence-corrected chi connectivity index (χ1v) is 24.1. The minimum atomic E-state index is -4.60. The zero-order valence-corrected chi connectivity index (χ0v) is 38.5. The van der Waals surface area contributed by atoms with Gasteiger partial charge in [-0.25, -0.2) is 0 Å². The first kappa shape index (κ1) is 56.4. The van der Waals surface area contributed by atoms with Crippen LogP contribution in [0.4, 0.5) is 0 Å². The second-order valence-corrected chi connectivity index (χ2v) is 17.6. The second-order valence-electron chi connectivity index (χ2n) is 16.1. The lowest BCUT2D eigenvalue weighted by molar-refractivity contribution is -0.870. The zero-order chi connectivity index (χ0) is 43.7. The van der Waals surface area contributed by atoms with Gasteiger partial charge in [-0.1, -0.05) is 170 Å². The maximum absolute atomic E-state index is 12.7. The average Bonchev–Trinajstić information content (AvgIpc) is 3.18. The van der Waals surface area contributed by atoms with Crippen molar-refractivity contribution < 1.29 is 47.5 Å². The average molecular weight is 850 g/mol. The summed E-state index contributed by atoms with van der Waals surface area (Å²) in [5, 5.41) is 20.0. The van der Waals surface area contributed by atoms with Crippen LogP contribution in [0.15, 0.2) is 85.3 Å². The summed E-state index contributed by atoms with van der Waals surface area (Å²) in [5.74, 6) is -0.496. The molecule has 0 fully saturated rings. The molecule has 4 atom stereocenters. The molecule has 340 valence electrons. The van der Waals surface area contributed by atoms with Crippen molar-refractivity contribution in [3.63, 3.8) is 0 Å². The van der Waals surface area contributed by atoms with E-state index in [2.05, 4.69) is 13.8 Å². The fourth-order valence-corrected chi connectivity index (χ4v) is 6.39. The number of hydrogen-bond donors (Lipinski definition) is 2. The molecule has 0 saturated heterocycles. The van der Waals surface area contributed by atoms with Crippen LogP contribution in [-0.4, -0.2) is 86.5 Å². The Morgan fingerprint density at radius 2 is 1.27 bits per heavy atom. The van der Waals surface area contributed by atoms with Crippen molar-refractivity contribution in [2.24, 2.45) is 0 Å². The summed E-state index contributed by atoms with van der Waals surface area (Å²) in [4.78, 5) is 25.0. The molecule has 1 unspecified atom stereocenters. The Kier molecular flexibility index (Phi) is 37.9. The van der Waals surface area contributed by atoms with Crippen molar-refractivity contribution >= 4 is 13.8 Å². The van der Waals surface area contributed by atoms with Crippen LogP contribution in [0, 0.1) is 0 Å². The fraction of sp³-hybridized carbons (Fsp3) is 0.688. The molecule has 2 N–H and O–H groups in total. The van der Waals surface area contributed by atoms with E-state index in [1.165, 1.54) is 83.5 Å². The maximum atomic E-state index is 12.7. The van der Waals surface area contributed by atoms with Gasteiger partial charge in [0.25, 0.3) is 7.82 Å². The number of unbranched alkanes of at least 4 members (excludes halogenated alkanes) is 15. The van der Waals surface area contributed by atoms with Gasteiger partial charge in [-0.3, -0.25) is 9.36 Å². The summed E-state index contributed by atoms with van der Waals surface area (Å²) in [5.41, 5.74) is 0. The molecule has 0 saturated carbocycles. The maximum Gasteiger partial charge on any atom is 0.306 e. The summed E-state index contributed by atoms with van der Waals surface area (Å²) in [6.45, 7) is 4.30. The predicted octanol–water partition coefficient (Wildman–Crippen LogP) is 10.9. The number of aliphatic hydroxyl groups is 2. The number of hydrogen-bond acceptors (Lipinski definition) is 9. The van der Waals surface area contributed by atoms with E-state index in [1.54, 1.807) is 36.6 Å². The van der Waals surface area contributed by atoms with Crippen LogP contribution in [-0.2, 0) is 27.9 Å². The lowest BCUT2D eigenvalue weighted by Crippen LogP contribution is -2.37. The molecule has 0 aromatic rings.